The number of benzene rings is 3. The van der Waals surface area contributed by atoms with Gasteiger partial charge in [-0.3, -0.25) is 14.8 Å². The number of aldehydes is 1. The second-order valence-corrected chi connectivity index (χ2v) is 8.77. The fourth-order valence-electron chi connectivity index (χ4n) is 3.13. The molecule has 0 aliphatic rings. The Kier molecular flexibility index (Phi) is 7.00. The number of aromatic hydroxyl groups is 1. The van der Waals surface area contributed by atoms with Gasteiger partial charge in [-0.1, -0.05) is 29.8 Å². The van der Waals surface area contributed by atoms with Crippen LogP contribution in [0.2, 0.25) is 0 Å². The molecule has 0 amide bonds. The van der Waals surface area contributed by atoms with Crippen LogP contribution in [0.4, 0.5) is 11.4 Å². The van der Waals surface area contributed by atoms with Gasteiger partial charge in [0.1, 0.15) is 10.6 Å². The first-order valence-electron chi connectivity index (χ1n) is 9.78. The van der Waals surface area contributed by atoms with Crippen molar-refractivity contribution in [2.45, 2.75) is 25.7 Å². The van der Waals surface area contributed by atoms with Crippen LogP contribution in [0.3, 0.4) is 0 Å². The van der Waals surface area contributed by atoms with Crippen LogP contribution in [0.5, 0.6) is 5.75 Å². The Morgan fingerprint density at radius 1 is 1.00 bits per heavy atom. The van der Waals surface area contributed by atoms with Crippen molar-refractivity contribution in [3.05, 3.63) is 82.4 Å². The van der Waals surface area contributed by atoms with E-state index >= 15 is 0 Å². The number of carbonyl (C=O) groups is 1. The summed E-state index contributed by atoms with van der Waals surface area (Å²) < 4.78 is 33.5. The number of aryl methyl sites for hydroxylation is 3. The first-order valence-corrected chi connectivity index (χ1v) is 11.2. The van der Waals surface area contributed by atoms with Gasteiger partial charge in [-0.2, -0.15) is 13.5 Å². The van der Waals surface area contributed by atoms with E-state index in [0.29, 0.717) is 17.4 Å². The molecule has 9 nitrogen and oxygen atoms in total. The van der Waals surface area contributed by atoms with E-state index in [9.17, 15) is 22.9 Å². The van der Waals surface area contributed by atoms with E-state index < -0.39 is 15.0 Å². The van der Waals surface area contributed by atoms with Gasteiger partial charge in [0.05, 0.1) is 11.4 Å². The highest BCUT2D eigenvalue weighted by Gasteiger charge is 2.19. The molecular weight excluding hydrogens is 444 g/mol. The number of hydrazone groups is 1. The lowest BCUT2D eigenvalue weighted by molar-refractivity contribution is 0.112. The lowest BCUT2D eigenvalue weighted by atomic mass is 10.1. The summed E-state index contributed by atoms with van der Waals surface area (Å²) in [5, 5.41) is 22.6. The Hall–Kier alpha value is -3.89. The summed E-state index contributed by atoms with van der Waals surface area (Å²) in [7, 11) is -4.60. The first kappa shape index (κ1) is 23.8. The summed E-state index contributed by atoms with van der Waals surface area (Å²) in [6.07, 6.45) is 0.635. The molecule has 0 fully saturated rings. The molecule has 0 heterocycles. The molecule has 0 saturated carbocycles. The Morgan fingerprint density at radius 3 is 2.42 bits per heavy atom. The van der Waals surface area contributed by atoms with Gasteiger partial charge in [0, 0.05) is 11.1 Å². The molecule has 0 radical (unpaired) electrons. The third kappa shape index (κ3) is 5.68. The summed E-state index contributed by atoms with van der Waals surface area (Å²) in [5.74, 6) is -0.232. The van der Waals surface area contributed by atoms with E-state index in [2.05, 4.69) is 20.8 Å². The topological polar surface area (TPSA) is 141 Å². The summed E-state index contributed by atoms with van der Waals surface area (Å²) in [4.78, 5) is 11.0. The molecular formula is C23H22N4O5S. The Bertz CT molecular complexity index is 1380. The van der Waals surface area contributed by atoms with Crippen molar-refractivity contribution in [1.82, 2.24) is 0 Å². The molecule has 3 rings (SSSR count). The van der Waals surface area contributed by atoms with E-state index in [4.69, 9.17) is 0 Å². The average molecular weight is 467 g/mol. The van der Waals surface area contributed by atoms with Gasteiger partial charge in [0.15, 0.2) is 6.29 Å². The number of nitrogens with one attached hydrogen (secondary N) is 1. The van der Waals surface area contributed by atoms with E-state index in [1.165, 1.54) is 18.2 Å². The van der Waals surface area contributed by atoms with Crippen LogP contribution in [0, 0.1) is 20.8 Å². The SMILES string of the molecule is Cc1ccc(N=NC(=NNc2cc(C)cc(C)c2O)c2ccccc2S(=O)(=O)O)c(C=O)c1. The molecule has 3 aromatic rings. The third-order valence-electron chi connectivity index (χ3n) is 4.70. The van der Waals surface area contributed by atoms with Gasteiger partial charge in [-0.25, -0.2) is 0 Å². The molecule has 33 heavy (non-hydrogen) atoms. The molecule has 3 aromatic carbocycles. The molecule has 3 N–H and O–H groups in total. The van der Waals surface area contributed by atoms with Crippen LogP contribution in [-0.4, -0.2) is 30.2 Å². The van der Waals surface area contributed by atoms with Crippen LogP contribution in [0.15, 0.2) is 74.8 Å². The number of anilines is 1. The maximum absolute atomic E-state index is 11.9. The minimum Gasteiger partial charge on any atom is -0.505 e. The molecule has 0 atom stereocenters. The van der Waals surface area contributed by atoms with Crippen molar-refractivity contribution < 1.29 is 22.9 Å². The average Bonchev–Trinajstić information content (AvgIpc) is 2.77. The molecule has 0 aliphatic carbocycles. The standard InChI is InChI=1S/C23H22N4O5S/c1-14-8-9-19(17(11-14)13-28)24-26-23(18-6-4-5-7-21(18)33(30,31)32)27-25-20-12-15(2)10-16(3)22(20)29/h4-13,25,29H,1-3H3,(H,30,31,32). The minimum atomic E-state index is -4.60. The second kappa shape index (κ2) is 9.72. The Balaban J connectivity index is 2.14. The van der Waals surface area contributed by atoms with E-state index in [-0.39, 0.29) is 28.5 Å². The fraction of sp³-hybridized carbons (Fsp3) is 0.130. The summed E-state index contributed by atoms with van der Waals surface area (Å²) in [5.41, 5.74) is 5.80. The van der Waals surface area contributed by atoms with Crippen molar-refractivity contribution in [2.75, 3.05) is 5.43 Å². The number of azo groups is 1. The summed E-state index contributed by atoms with van der Waals surface area (Å²) in [6, 6.07) is 14.0. The van der Waals surface area contributed by atoms with Crippen molar-refractivity contribution in [2.24, 2.45) is 15.3 Å². The normalized spacial score (nSPS) is 12.2. The van der Waals surface area contributed by atoms with E-state index in [0.717, 1.165) is 11.1 Å². The van der Waals surface area contributed by atoms with Crippen LogP contribution >= 0.6 is 0 Å². The van der Waals surface area contributed by atoms with Crippen LogP contribution in [0.25, 0.3) is 0 Å². The van der Waals surface area contributed by atoms with Gasteiger partial charge in [-0.05, 0) is 62.2 Å². The van der Waals surface area contributed by atoms with Gasteiger partial charge in [-0.15, -0.1) is 10.2 Å². The number of rotatable bonds is 6. The number of hydrogen-bond acceptors (Lipinski definition) is 7. The molecule has 0 spiro atoms. The Morgan fingerprint density at radius 2 is 1.73 bits per heavy atom. The molecule has 10 heteroatoms. The van der Waals surface area contributed by atoms with Crippen molar-refractivity contribution in [1.29, 1.82) is 0 Å². The zero-order valence-electron chi connectivity index (χ0n) is 18.1. The molecule has 0 bridgehead atoms. The van der Waals surface area contributed by atoms with E-state index in [1.54, 1.807) is 43.3 Å². The number of amidine groups is 1. The maximum Gasteiger partial charge on any atom is 0.295 e. The smallest absolute Gasteiger partial charge is 0.295 e. The fourth-order valence-corrected chi connectivity index (χ4v) is 3.82. The first-order chi connectivity index (χ1) is 15.6. The van der Waals surface area contributed by atoms with Crippen LogP contribution in [-0.2, 0) is 10.1 Å². The highest BCUT2D eigenvalue weighted by Crippen LogP contribution is 2.29. The van der Waals surface area contributed by atoms with Crippen LogP contribution < -0.4 is 5.43 Å². The molecule has 170 valence electrons. The highest BCUT2D eigenvalue weighted by atomic mass is 32.2. The Labute approximate surface area is 191 Å². The van der Waals surface area contributed by atoms with Crippen LogP contribution in [0.1, 0.15) is 32.6 Å². The summed E-state index contributed by atoms with van der Waals surface area (Å²) >= 11 is 0. The third-order valence-corrected chi connectivity index (χ3v) is 5.61. The zero-order valence-corrected chi connectivity index (χ0v) is 19.0. The zero-order chi connectivity index (χ0) is 24.2. The predicted molar refractivity (Wildman–Crippen MR) is 125 cm³/mol. The minimum absolute atomic E-state index is 0.0279. The number of phenolic OH excluding ortho intramolecular Hbond substituents is 1. The number of phenols is 1. The van der Waals surface area contributed by atoms with Gasteiger partial charge in [0.25, 0.3) is 10.1 Å². The molecule has 0 saturated heterocycles. The lowest BCUT2D eigenvalue weighted by Crippen LogP contribution is -2.09. The highest BCUT2D eigenvalue weighted by molar-refractivity contribution is 7.86. The predicted octanol–water partition coefficient (Wildman–Crippen LogP) is 4.93. The van der Waals surface area contributed by atoms with Gasteiger partial charge >= 0.3 is 0 Å². The van der Waals surface area contributed by atoms with Gasteiger partial charge in [0.2, 0.25) is 5.84 Å². The number of carbonyl (C=O) groups excluding carboxylic acids is 1. The molecule has 0 aromatic heterocycles. The van der Waals surface area contributed by atoms with Crippen molar-refractivity contribution in [3.63, 3.8) is 0 Å². The quantitative estimate of drug-likeness (QED) is 0.0894. The second-order valence-electron chi connectivity index (χ2n) is 7.38. The van der Waals surface area contributed by atoms with E-state index in [1.807, 2.05) is 13.8 Å². The lowest BCUT2D eigenvalue weighted by Gasteiger charge is -2.10. The monoisotopic (exact) mass is 466 g/mol. The van der Waals surface area contributed by atoms with Crippen molar-refractivity contribution >= 4 is 33.6 Å². The molecule has 0 unspecified atom stereocenters. The molecule has 0 aliphatic heterocycles. The van der Waals surface area contributed by atoms with Gasteiger partial charge < -0.3 is 5.11 Å². The number of nitrogens with zero attached hydrogens (tertiary/aromatic N) is 3. The summed E-state index contributed by atoms with van der Waals surface area (Å²) in [6.45, 7) is 5.39. The van der Waals surface area contributed by atoms with Crippen molar-refractivity contribution in [3.8, 4) is 5.75 Å². The number of hydrogen-bond donors (Lipinski definition) is 3. The largest absolute Gasteiger partial charge is 0.505 e. The maximum atomic E-state index is 11.9.